The molecule has 1 heterocycles. The zero-order chi connectivity index (χ0) is 8.27. The van der Waals surface area contributed by atoms with Crippen molar-refractivity contribution in [3.8, 4) is 0 Å². The molecular formula is C8H15N3. The van der Waals surface area contributed by atoms with E-state index in [1.165, 1.54) is 0 Å². The Balaban J connectivity index is 2.67. The van der Waals surface area contributed by atoms with Gasteiger partial charge in [0.15, 0.2) is 0 Å². The third-order valence-electron chi connectivity index (χ3n) is 1.83. The summed E-state index contributed by atoms with van der Waals surface area (Å²) in [6.07, 6.45) is 5.76. The van der Waals surface area contributed by atoms with Crippen molar-refractivity contribution in [2.24, 2.45) is 12.8 Å². The van der Waals surface area contributed by atoms with Gasteiger partial charge in [-0.05, 0) is 6.42 Å². The van der Waals surface area contributed by atoms with Crippen LogP contribution in [0, 0.1) is 0 Å². The number of rotatable bonds is 3. The van der Waals surface area contributed by atoms with Crippen LogP contribution in [0.4, 0.5) is 0 Å². The van der Waals surface area contributed by atoms with Gasteiger partial charge in [0, 0.05) is 19.3 Å². The van der Waals surface area contributed by atoms with Crippen LogP contribution in [-0.4, -0.2) is 9.55 Å². The summed E-state index contributed by atoms with van der Waals surface area (Å²) in [4.78, 5) is 4.01. The normalized spacial score (nSPS) is 13.4. The van der Waals surface area contributed by atoms with E-state index in [0.717, 1.165) is 18.5 Å². The van der Waals surface area contributed by atoms with Crippen LogP contribution in [0.15, 0.2) is 12.5 Å². The molecule has 0 saturated heterocycles. The van der Waals surface area contributed by atoms with Crippen LogP contribution in [-0.2, 0) is 7.05 Å². The van der Waals surface area contributed by atoms with Crippen LogP contribution in [0.1, 0.15) is 31.5 Å². The first-order valence-electron chi connectivity index (χ1n) is 3.97. The monoisotopic (exact) mass is 153 g/mol. The molecule has 3 nitrogen and oxygen atoms in total. The average molecular weight is 153 g/mol. The summed E-state index contributed by atoms with van der Waals surface area (Å²) in [5.41, 5.74) is 7.01. The van der Waals surface area contributed by atoms with Gasteiger partial charge in [-0.15, -0.1) is 0 Å². The van der Waals surface area contributed by atoms with E-state index in [1.807, 2.05) is 17.8 Å². The first-order valence-corrected chi connectivity index (χ1v) is 3.97. The van der Waals surface area contributed by atoms with E-state index in [9.17, 15) is 0 Å². The number of hydrogen-bond donors (Lipinski definition) is 1. The minimum absolute atomic E-state index is 0.146. The Kier molecular flexibility index (Phi) is 2.65. The molecule has 0 spiro atoms. The molecule has 11 heavy (non-hydrogen) atoms. The Labute approximate surface area is 67.2 Å². The predicted molar refractivity (Wildman–Crippen MR) is 45.0 cm³/mol. The molecule has 0 saturated carbocycles. The second-order valence-corrected chi connectivity index (χ2v) is 2.82. The summed E-state index contributed by atoms with van der Waals surface area (Å²) in [6, 6.07) is 0.146. The molecule has 1 aromatic heterocycles. The van der Waals surface area contributed by atoms with Crippen molar-refractivity contribution >= 4 is 0 Å². The summed E-state index contributed by atoms with van der Waals surface area (Å²) in [5.74, 6) is 0. The van der Waals surface area contributed by atoms with Gasteiger partial charge in [0.2, 0.25) is 0 Å². The van der Waals surface area contributed by atoms with E-state index in [1.54, 1.807) is 6.33 Å². The lowest BCUT2D eigenvalue weighted by atomic mass is 10.1. The fourth-order valence-corrected chi connectivity index (χ4v) is 1.18. The Hall–Kier alpha value is -0.830. The average Bonchev–Trinajstić information content (AvgIpc) is 2.36. The van der Waals surface area contributed by atoms with Crippen LogP contribution in [0.2, 0.25) is 0 Å². The van der Waals surface area contributed by atoms with Crippen molar-refractivity contribution in [3.05, 3.63) is 18.2 Å². The molecule has 0 bridgehead atoms. The topological polar surface area (TPSA) is 43.8 Å². The minimum Gasteiger partial charge on any atom is -0.336 e. The molecule has 0 unspecified atom stereocenters. The minimum atomic E-state index is 0.146. The van der Waals surface area contributed by atoms with Gasteiger partial charge in [0.25, 0.3) is 0 Å². The summed E-state index contributed by atoms with van der Waals surface area (Å²) < 4.78 is 1.97. The molecule has 0 aliphatic heterocycles. The van der Waals surface area contributed by atoms with Crippen molar-refractivity contribution in [1.82, 2.24) is 9.55 Å². The Morgan fingerprint density at radius 3 is 2.91 bits per heavy atom. The van der Waals surface area contributed by atoms with Gasteiger partial charge in [0.05, 0.1) is 12.0 Å². The second kappa shape index (κ2) is 3.53. The van der Waals surface area contributed by atoms with Crippen LogP contribution in [0.5, 0.6) is 0 Å². The van der Waals surface area contributed by atoms with Gasteiger partial charge in [0.1, 0.15) is 0 Å². The van der Waals surface area contributed by atoms with E-state index >= 15 is 0 Å². The largest absolute Gasteiger partial charge is 0.336 e. The Morgan fingerprint density at radius 1 is 1.73 bits per heavy atom. The molecule has 1 aromatic rings. The molecule has 1 rings (SSSR count). The van der Waals surface area contributed by atoms with Crippen molar-refractivity contribution in [2.45, 2.75) is 25.8 Å². The van der Waals surface area contributed by atoms with Gasteiger partial charge < -0.3 is 10.3 Å². The van der Waals surface area contributed by atoms with E-state index in [4.69, 9.17) is 5.73 Å². The van der Waals surface area contributed by atoms with Gasteiger partial charge >= 0.3 is 0 Å². The standard InChI is InChI=1S/C8H15N3/c1-3-4-7(9)8-5-10-6-11(8)2/h5-7H,3-4,9H2,1-2H3/t7-/m0/s1. The zero-order valence-electron chi connectivity index (χ0n) is 7.12. The molecule has 0 aromatic carbocycles. The number of nitrogens with zero attached hydrogens (tertiary/aromatic N) is 2. The van der Waals surface area contributed by atoms with E-state index < -0.39 is 0 Å². The van der Waals surface area contributed by atoms with Crippen LogP contribution in [0.3, 0.4) is 0 Å². The Bertz CT molecular complexity index is 217. The van der Waals surface area contributed by atoms with Crippen molar-refractivity contribution in [1.29, 1.82) is 0 Å². The third-order valence-corrected chi connectivity index (χ3v) is 1.83. The van der Waals surface area contributed by atoms with Crippen LogP contribution >= 0.6 is 0 Å². The highest BCUT2D eigenvalue weighted by Crippen LogP contribution is 2.13. The molecule has 0 fully saturated rings. The lowest BCUT2D eigenvalue weighted by Gasteiger charge is -2.09. The van der Waals surface area contributed by atoms with Gasteiger partial charge in [-0.1, -0.05) is 13.3 Å². The summed E-state index contributed by atoms with van der Waals surface area (Å²) >= 11 is 0. The molecule has 3 heteroatoms. The highest BCUT2D eigenvalue weighted by molar-refractivity contribution is 5.03. The van der Waals surface area contributed by atoms with Gasteiger partial charge in [-0.3, -0.25) is 0 Å². The molecular weight excluding hydrogens is 138 g/mol. The fourth-order valence-electron chi connectivity index (χ4n) is 1.18. The van der Waals surface area contributed by atoms with E-state index in [-0.39, 0.29) is 6.04 Å². The highest BCUT2D eigenvalue weighted by atomic mass is 15.0. The van der Waals surface area contributed by atoms with Crippen LogP contribution in [0.25, 0.3) is 0 Å². The molecule has 0 aliphatic rings. The van der Waals surface area contributed by atoms with Crippen LogP contribution < -0.4 is 5.73 Å². The maximum atomic E-state index is 5.89. The summed E-state index contributed by atoms with van der Waals surface area (Å²) in [5, 5.41) is 0. The molecule has 2 N–H and O–H groups in total. The summed E-state index contributed by atoms with van der Waals surface area (Å²) in [7, 11) is 1.97. The second-order valence-electron chi connectivity index (χ2n) is 2.82. The maximum absolute atomic E-state index is 5.89. The third kappa shape index (κ3) is 1.80. The van der Waals surface area contributed by atoms with Crippen molar-refractivity contribution in [3.63, 3.8) is 0 Å². The van der Waals surface area contributed by atoms with Crippen molar-refractivity contribution in [2.75, 3.05) is 0 Å². The molecule has 0 aliphatic carbocycles. The first-order chi connectivity index (χ1) is 5.25. The Morgan fingerprint density at radius 2 is 2.45 bits per heavy atom. The highest BCUT2D eigenvalue weighted by Gasteiger charge is 2.07. The molecule has 0 amide bonds. The zero-order valence-corrected chi connectivity index (χ0v) is 7.12. The van der Waals surface area contributed by atoms with Crippen molar-refractivity contribution < 1.29 is 0 Å². The number of aromatic nitrogens is 2. The number of imidazole rings is 1. The number of nitrogens with two attached hydrogens (primary N) is 1. The number of hydrogen-bond acceptors (Lipinski definition) is 2. The SMILES string of the molecule is CCC[C@H](N)c1cncn1C. The quantitative estimate of drug-likeness (QED) is 0.709. The van der Waals surface area contributed by atoms with Gasteiger partial charge in [-0.2, -0.15) is 0 Å². The summed E-state index contributed by atoms with van der Waals surface area (Å²) in [6.45, 7) is 2.14. The van der Waals surface area contributed by atoms with Gasteiger partial charge in [-0.25, -0.2) is 4.98 Å². The number of aryl methyl sites for hydroxylation is 1. The van der Waals surface area contributed by atoms with E-state index in [0.29, 0.717) is 0 Å². The predicted octanol–water partition coefficient (Wildman–Crippen LogP) is 1.22. The molecule has 1 atom stereocenters. The maximum Gasteiger partial charge on any atom is 0.0946 e. The lowest BCUT2D eigenvalue weighted by Crippen LogP contribution is -2.13. The molecule has 0 radical (unpaired) electrons. The lowest BCUT2D eigenvalue weighted by molar-refractivity contribution is 0.597. The fraction of sp³-hybridized carbons (Fsp3) is 0.625. The van der Waals surface area contributed by atoms with E-state index in [2.05, 4.69) is 11.9 Å². The molecule has 62 valence electrons. The smallest absolute Gasteiger partial charge is 0.0946 e. The first kappa shape index (κ1) is 8.27.